The summed E-state index contributed by atoms with van der Waals surface area (Å²) >= 11 is 6.05. The maximum absolute atomic E-state index is 12.3. The zero-order valence-electron chi connectivity index (χ0n) is 11.7. The van der Waals surface area contributed by atoms with Crippen molar-refractivity contribution < 1.29 is 4.79 Å². The number of nitrogens with one attached hydrogen (secondary N) is 1. The van der Waals surface area contributed by atoms with Gasteiger partial charge in [0.05, 0.1) is 10.6 Å². The molecule has 1 amide bonds. The van der Waals surface area contributed by atoms with Gasteiger partial charge >= 0.3 is 0 Å². The summed E-state index contributed by atoms with van der Waals surface area (Å²) in [6.07, 6.45) is 1.03. The second-order valence-corrected chi connectivity index (χ2v) is 5.24. The minimum atomic E-state index is -0.175. The van der Waals surface area contributed by atoms with Crippen LogP contribution in [0, 0.1) is 0 Å². The third-order valence-electron chi connectivity index (χ3n) is 3.47. The average molecular weight is 288 g/mol. The molecule has 1 N–H and O–H groups in total. The lowest BCUT2D eigenvalue weighted by Gasteiger charge is -2.15. The topological polar surface area (TPSA) is 29.1 Å². The Morgan fingerprint density at radius 1 is 1.15 bits per heavy atom. The predicted octanol–water partition coefficient (Wildman–Crippen LogP) is 5.11. The van der Waals surface area contributed by atoms with Crippen LogP contribution in [0.3, 0.4) is 0 Å². The van der Waals surface area contributed by atoms with Crippen LogP contribution in [0.25, 0.3) is 0 Å². The molecule has 1 unspecified atom stereocenters. The fraction of sp³-hybridized carbons (Fsp3) is 0.235. The Labute approximate surface area is 124 Å². The molecular formula is C17H18ClNO. The zero-order chi connectivity index (χ0) is 14.5. The number of anilines is 1. The van der Waals surface area contributed by atoms with E-state index in [4.69, 9.17) is 11.6 Å². The lowest BCUT2D eigenvalue weighted by Crippen LogP contribution is -2.14. The van der Waals surface area contributed by atoms with E-state index < -0.39 is 0 Å². The van der Waals surface area contributed by atoms with Crippen molar-refractivity contribution in [2.75, 3.05) is 5.32 Å². The molecule has 0 heterocycles. The monoisotopic (exact) mass is 287 g/mol. The molecule has 0 aliphatic heterocycles. The van der Waals surface area contributed by atoms with Gasteiger partial charge in [0.1, 0.15) is 0 Å². The van der Waals surface area contributed by atoms with Gasteiger partial charge in [-0.25, -0.2) is 0 Å². The molecule has 0 fully saturated rings. The molecule has 2 aromatic rings. The fourth-order valence-electron chi connectivity index (χ4n) is 2.10. The number of hydrogen-bond donors (Lipinski definition) is 1. The Balaban J connectivity index is 2.27. The first-order valence-corrected chi connectivity index (χ1v) is 7.16. The molecule has 0 bridgehead atoms. The van der Waals surface area contributed by atoms with Crippen molar-refractivity contribution in [2.45, 2.75) is 26.2 Å². The van der Waals surface area contributed by atoms with E-state index >= 15 is 0 Å². The highest BCUT2D eigenvalue weighted by Gasteiger charge is 2.13. The average Bonchev–Trinajstić information content (AvgIpc) is 2.47. The lowest BCUT2D eigenvalue weighted by molar-refractivity contribution is 0.102. The standard InChI is InChI=1S/C17H18ClNO/c1-3-12(2)13-8-5-7-11-16(13)19-17(20)14-9-4-6-10-15(14)18/h4-12H,3H2,1-2H3,(H,19,20). The van der Waals surface area contributed by atoms with E-state index in [2.05, 4.69) is 25.2 Å². The van der Waals surface area contributed by atoms with Crippen molar-refractivity contribution in [3.63, 3.8) is 0 Å². The molecule has 0 aromatic heterocycles. The van der Waals surface area contributed by atoms with Gasteiger partial charge in [-0.3, -0.25) is 4.79 Å². The number of hydrogen-bond acceptors (Lipinski definition) is 1. The van der Waals surface area contributed by atoms with Gasteiger partial charge in [-0.1, -0.05) is 55.8 Å². The van der Waals surface area contributed by atoms with Crippen molar-refractivity contribution >= 4 is 23.2 Å². The molecule has 2 nitrogen and oxygen atoms in total. The van der Waals surface area contributed by atoms with Crippen LogP contribution in [0.15, 0.2) is 48.5 Å². The van der Waals surface area contributed by atoms with Crippen LogP contribution < -0.4 is 5.32 Å². The van der Waals surface area contributed by atoms with Crippen molar-refractivity contribution in [1.29, 1.82) is 0 Å². The molecule has 0 aliphatic rings. The Morgan fingerprint density at radius 2 is 1.80 bits per heavy atom. The molecular weight excluding hydrogens is 270 g/mol. The summed E-state index contributed by atoms with van der Waals surface area (Å²) in [5, 5.41) is 3.42. The van der Waals surface area contributed by atoms with Crippen molar-refractivity contribution in [3.05, 3.63) is 64.7 Å². The summed E-state index contributed by atoms with van der Waals surface area (Å²) in [6, 6.07) is 15.0. The fourth-order valence-corrected chi connectivity index (χ4v) is 2.32. The number of carbonyl (C=O) groups is 1. The SMILES string of the molecule is CCC(C)c1ccccc1NC(=O)c1ccccc1Cl. The van der Waals surface area contributed by atoms with Crippen LogP contribution >= 0.6 is 11.6 Å². The number of para-hydroxylation sites is 1. The van der Waals surface area contributed by atoms with E-state index in [0.717, 1.165) is 17.7 Å². The van der Waals surface area contributed by atoms with E-state index in [-0.39, 0.29) is 5.91 Å². The minimum Gasteiger partial charge on any atom is -0.322 e. The second kappa shape index (κ2) is 6.58. The summed E-state index contributed by atoms with van der Waals surface area (Å²) in [7, 11) is 0. The summed E-state index contributed by atoms with van der Waals surface area (Å²) in [6.45, 7) is 4.29. The summed E-state index contributed by atoms with van der Waals surface area (Å²) < 4.78 is 0. The van der Waals surface area contributed by atoms with Gasteiger partial charge in [0.15, 0.2) is 0 Å². The smallest absolute Gasteiger partial charge is 0.257 e. The maximum atomic E-state index is 12.3. The van der Waals surface area contributed by atoms with Gasteiger partial charge in [-0.05, 0) is 36.1 Å². The van der Waals surface area contributed by atoms with Gasteiger partial charge in [0.25, 0.3) is 5.91 Å². The van der Waals surface area contributed by atoms with Gasteiger partial charge in [-0.2, -0.15) is 0 Å². The zero-order valence-corrected chi connectivity index (χ0v) is 12.4. The molecule has 0 aliphatic carbocycles. The van der Waals surface area contributed by atoms with Crippen LogP contribution in [-0.2, 0) is 0 Å². The molecule has 104 valence electrons. The third-order valence-corrected chi connectivity index (χ3v) is 3.80. The molecule has 2 rings (SSSR count). The van der Waals surface area contributed by atoms with E-state index in [0.29, 0.717) is 16.5 Å². The number of halogens is 1. The van der Waals surface area contributed by atoms with Crippen LogP contribution in [0.5, 0.6) is 0 Å². The first-order valence-electron chi connectivity index (χ1n) is 6.78. The maximum Gasteiger partial charge on any atom is 0.257 e. The van der Waals surface area contributed by atoms with E-state index in [9.17, 15) is 4.79 Å². The summed E-state index contributed by atoms with van der Waals surface area (Å²) in [4.78, 5) is 12.3. The number of rotatable bonds is 4. The molecule has 0 saturated carbocycles. The summed E-state index contributed by atoms with van der Waals surface area (Å²) in [5.74, 6) is 0.226. The quantitative estimate of drug-likeness (QED) is 0.832. The Hall–Kier alpha value is -1.80. The molecule has 0 spiro atoms. The highest BCUT2D eigenvalue weighted by atomic mass is 35.5. The van der Waals surface area contributed by atoms with Gasteiger partial charge in [-0.15, -0.1) is 0 Å². The van der Waals surface area contributed by atoms with E-state index in [1.54, 1.807) is 18.2 Å². The first-order chi connectivity index (χ1) is 9.63. The second-order valence-electron chi connectivity index (χ2n) is 4.83. The highest BCUT2D eigenvalue weighted by molar-refractivity contribution is 6.34. The van der Waals surface area contributed by atoms with Crippen LogP contribution in [0.1, 0.15) is 42.1 Å². The van der Waals surface area contributed by atoms with E-state index in [1.165, 1.54) is 0 Å². The van der Waals surface area contributed by atoms with Crippen LogP contribution in [0.4, 0.5) is 5.69 Å². The Morgan fingerprint density at radius 3 is 2.50 bits per heavy atom. The van der Waals surface area contributed by atoms with Gasteiger partial charge in [0, 0.05) is 5.69 Å². The van der Waals surface area contributed by atoms with Crippen molar-refractivity contribution in [2.24, 2.45) is 0 Å². The first kappa shape index (κ1) is 14.6. The largest absolute Gasteiger partial charge is 0.322 e. The van der Waals surface area contributed by atoms with Crippen LogP contribution in [-0.4, -0.2) is 5.91 Å². The van der Waals surface area contributed by atoms with Crippen LogP contribution in [0.2, 0.25) is 5.02 Å². The molecule has 0 radical (unpaired) electrons. The minimum absolute atomic E-state index is 0.175. The molecule has 1 atom stereocenters. The summed E-state index contributed by atoms with van der Waals surface area (Å²) in [5.41, 5.74) is 2.50. The molecule has 3 heteroatoms. The van der Waals surface area contributed by atoms with Gasteiger partial charge < -0.3 is 5.32 Å². The van der Waals surface area contributed by atoms with Crippen molar-refractivity contribution in [3.8, 4) is 0 Å². The van der Waals surface area contributed by atoms with Crippen molar-refractivity contribution in [1.82, 2.24) is 0 Å². The number of carbonyl (C=O) groups excluding carboxylic acids is 1. The molecule has 20 heavy (non-hydrogen) atoms. The lowest BCUT2D eigenvalue weighted by atomic mass is 9.97. The predicted molar refractivity (Wildman–Crippen MR) is 84.6 cm³/mol. The Kier molecular flexibility index (Phi) is 4.80. The van der Waals surface area contributed by atoms with Gasteiger partial charge in [0.2, 0.25) is 0 Å². The number of benzene rings is 2. The molecule has 2 aromatic carbocycles. The Bertz CT molecular complexity index is 609. The highest BCUT2D eigenvalue weighted by Crippen LogP contribution is 2.27. The number of amides is 1. The van der Waals surface area contributed by atoms with E-state index in [1.807, 2.05) is 24.3 Å². The molecule has 0 saturated heterocycles. The normalized spacial score (nSPS) is 11.9. The third kappa shape index (κ3) is 3.20.